The highest BCUT2D eigenvalue weighted by Crippen LogP contribution is 2.19. The SMILES string of the molecule is CCC(C)C(NC(=O)c1ccc(-c2ccccc2)nc1C)C(=O)O. The Morgan fingerprint density at radius 3 is 2.38 bits per heavy atom. The summed E-state index contributed by atoms with van der Waals surface area (Å²) >= 11 is 0. The van der Waals surface area contributed by atoms with E-state index in [-0.39, 0.29) is 5.92 Å². The van der Waals surface area contributed by atoms with Crippen LogP contribution < -0.4 is 5.32 Å². The van der Waals surface area contributed by atoms with Gasteiger partial charge in [-0.25, -0.2) is 4.79 Å². The maximum atomic E-state index is 12.4. The predicted molar refractivity (Wildman–Crippen MR) is 92.8 cm³/mol. The van der Waals surface area contributed by atoms with Crippen LogP contribution in [0.1, 0.15) is 36.3 Å². The van der Waals surface area contributed by atoms with Crippen molar-refractivity contribution in [2.24, 2.45) is 5.92 Å². The average Bonchev–Trinajstić information content (AvgIpc) is 2.59. The Kier molecular flexibility index (Phi) is 5.68. The predicted octanol–water partition coefficient (Wildman–Crippen LogP) is 3.29. The summed E-state index contributed by atoms with van der Waals surface area (Å²) in [5.74, 6) is -1.58. The largest absolute Gasteiger partial charge is 0.480 e. The van der Waals surface area contributed by atoms with Crippen molar-refractivity contribution in [2.75, 3.05) is 0 Å². The number of nitrogens with zero attached hydrogens (tertiary/aromatic N) is 1. The number of rotatable bonds is 6. The van der Waals surface area contributed by atoms with Crippen LogP contribution in [0.4, 0.5) is 0 Å². The molecule has 2 N–H and O–H groups in total. The lowest BCUT2D eigenvalue weighted by atomic mass is 9.98. The number of carbonyl (C=O) groups is 2. The second-order valence-electron chi connectivity index (χ2n) is 5.87. The first-order chi connectivity index (χ1) is 11.4. The Hall–Kier alpha value is -2.69. The van der Waals surface area contributed by atoms with Gasteiger partial charge in [-0.15, -0.1) is 0 Å². The van der Waals surface area contributed by atoms with Crippen molar-refractivity contribution < 1.29 is 14.7 Å². The number of hydrogen-bond acceptors (Lipinski definition) is 3. The molecule has 0 bridgehead atoms. The molecule has 5 heteroatoms. The molecule has 0 saturated carbocycles. The average molecular weight is 326 g/mol. The number of pyridine rings is 1. The van der Waals surface area contributed by atoms with Crippen molar-refractivity contribution in [2.45, 2.75) is 33.2 Å². The number of benzene rings is 1. The summed E-state index contributed by atoms with van der Waals surface area (Å²) in [4.78, 5) is 28.3. The molecule has 1 amide bonds. The molecule has 0 fully saturated rings. The molecular weight excluding hydrogens is 304 g/mol. The standard InChI is InChI=1S/C19H22N2O3/c1-4-12(2)17(19(23)24)21-18(22)15-10-11-16(20-13(15)3)14-8-6-5-7-9-14/h5-12,17H,4H2,1-3H3,(H,21,22)(H,23,24). The first kappa shape index (κ1) is 17.7. The van der Waals surface area contributed by atoms with Crippen LogP contribution in [0, 0.1) is 12.8 Å². The van der Waals surface area contributed by atoms with Gasteiger partial charge in [-0.05, 0) is 25.0 Å². The number of aryl methyl sites for hydroxylation is 1. The topological polar surface area (TPSA) is 79.3 Å². The van der Waals surface area contributed by atoms with E-state index in [0.717, 1.165) is 11.3 Å². The summed E-state index contributed by atoms with van der Waals surface area (Å²) in [5.41, 5.74) is 2.71. The number of carboxylic acids is 1. The van der Waals surface area contributed by atoms with Gasteiger partial charge in [-0.1, -0.05) is 50.6 Å². The summed E-state index contributed by atoms with van der Waals surface area (Å²) in [5, 5.41) is 11.9. The highest BCUT2D eigenvalue weighted by Gasteiger charge is 2.26. The summed E-state index contributed by atoms with van der Waals surface area (Å²) in [6, 6.07) is 12.2. The van der Waals surface area contributed by atoms with Crippen molar-refractivity contribution in [3.05, 3.63) is 53.7 Å². The van der Waals surface area contributed by atoms with E-state index in [1.807, 2.05) is 44.2 Å². The second kappa shape index (κ2) is 7.73. The molecule has 0 radical (unpaired) electrons. The molecule has 1 heterocycles. The summed E-state index contributed by atoms with van der Waals surface area (Å²) in [6.45, 7) is 5.46. The fourth-order valence-electron chi connectivity index (χ4n) is 2.47. The van der Waals surface area contributed by atoms with Crippen LogP contribution in [0.5, 0.6) is 0 Å². The zero-order valence-corrected chi connectivity index (χ0v) is 14.1. The maximum Gasteiger partial charge on any atom is 0.326 e. The van der Waals surface area contributed by atoms with Crippen LogP contribution >= 0.6 is 0 Å². The van der Waals surface area contributed by atoms with Crippen LogP contribution in [-0.2, 0) is 4.79 Å². The maximum absolute atomic E-state index is 12.4. The van der Waals surface area contributed by atoms with Gasteiger partial charge >= 0.3 is 5.97 Å². The Labute approximate surface area is 141 Å². The molecule has 0 spiro atoms. The van der Waals surface area contributed by atoms with E-state index < -0.39 is 17.9 Å². The van der Waals surface area contributed by atoms with Gasteiger partial charge in [0, 0.05) is 5.56 Å². The van der Waals surface area contributed by atoms with Gasteiger partial charge in [-0.3, -0.25) is 9.78 Å². The van der Waals surface area contributed by atoms with Gasteiger partial charge < -0.3 is 10.4 Å². The number of nitrogens with one attached hydrogen (secondary N) is 1. The van der Waals surface area contributed by atoms with Gasteiger partial charge in [-0.2, -0.15) is 0 Å². The molecule has 2 unspecified atom stereocenters. The third kappa shape index (κ3) is 3.98. The van der Waals surface area contributed by atoms with Crippen molar-refractivity contribution in [1.29, 1.82) is 0 Å². The highest BCUT2D eigenvalue weighted by atomic mass is 16.4. The van der Waals surface area contributed by atoms with E-state index in [1.54, 1.807) is 19.1 Å². The molecule has 126 valence electrons. The Morgan fingerprint density at radius 2 is 1.83 bits per heavy atom. The Bertz CT molecular complexity index is 729. The third-order valence-electron chi connectivity index (χ3n) is 4.17. The molecule has 1 aromatic heterocycles. The van der Waals surface area contributed by atoms with Crippen molar-refractivity contribution >= 4 is 11.9 Å². The molecule has 0 aliphatic carbocycles. The van der Waals surface area contributed by atoms with Crippen LogP contribution in [-0.4, -0.2) is 28.0 Å². The van der Waals surface area contributed by atoms with E-state index in [4.69, 9.17) is 0 Å². The van der Waals surface area contributed by atoms with Crippen molar-refractivity contribution in [3.63, 3.8) is 0 Å². The first-order valence-electron chi connectivity index (χ1n) is 8.00. The van der Waals surface area contributed by atoms with E-state index >= 15 is 0 Å². The van der Waals surface area contributed by atoms with E-state index in [1.165, 1.54) is 0 Å². The highest BCUT2D eigenvalue weighted by molar-refractivity contribution is 5.97. The molecule has 2 aromatic rings. The number of hydrogen-bond donors (Lipinski definition) is 2. The van der Waals surface area contributed by atoms with Crippen LogP contribution in [0.2, 0.25) is 0 Å². The number of carbonyl (C=O) groups excluding carboxylic acids is 1. The number of carboxylic acid groups (broad SMARTS) is 1. The van der Waals surface area contributed by atoms with Gasteiger partial charge in [0.05, 0.1) is 17.0 Å². The minimum absolute atomic E-state index is 0.150. The van der Waals surface area contributed by atoms with E-state index in [2.05, 4.69) is 10.3 Å². The quantitative estimate of drug-likeness (QED) is 0.854. The minimum atomic E-state index is -1.02. The smallest absolute Gasteiger partial charge is 0.326 e. The molecule has 5 nitrogen and oxygen atoms in total. The molecule has 24 heavy (non-hydrogen) atoms. The van der Waals surface area contributed by atoms with Crippen LogP contribution in [0.25, 0.3) is 11.3 Å². The van der Waals surface area contributed by atoms with Crippen molar-refractivity contribution in [1.82, 2.24) is 10.3 Å². The van der Waals surface area contributed by atoms with Crippen LogP contribution in [0.15, 0.2) is 42.5 Å². The zero-order chi connectivity index (χ0) is 17.7. The second-order valence-corrected chi connectivity index (χ2v) is 5.87. The number of aromatic nitrogens is 1. The monoisotopic (exact) mass is 326 g/mol. The number of amides is 1. The van der Waals surface area contributed by atoms with E-state index in [0.29, 0.717) is 17.7 Å². The van der Waals surface area contributed by atoms with Crippen LogP contribution in [0.3, 0.4) is 0 Å². The summed E-state index contributed by atoms with van der Waals surface area (Å²) in [6.07, 6.45) is 0.668. The van der Waals surface area contributed by atoms with Crippen molar-refractivity contribution in [3.8, 4) is 11.3 Å². The third-order valence-corrected chi connectivity index (χ3v) is 4.17. The fourth-order valence-corrected chi connectivity index (χ4v) is 2.47. The molecule has 0 aliphatic heterocycles. The lowest BCUT2D eigenvalue weighted by Gasteiger charge is -2.20. The normalized spacial score (nSPS) is 13.1. The molecule has 0 aliphatic rings. The lowest BCUT2D eigenvalue weighted by Crippen LogP contribution is -2.45. The molecule has 2 atom stereocenters. The fraction of sp³-hybridized carbons (Fsp3) is 0.316. The lowest BCUT2D eigenvalue weighted by molar-refractivity contribution is -0.140. The van der Waals surface area contributed by atoms with Gasteiger partial charge in [0.25, 0.3) is 5.91 Å². The Morgan fingerprint density at radius 1 is 1.17 bits per heavy atom. The molecule has 1 aromatic carbocycles. The zero-order valence-electron chi connectivity index (χ0n) is 14.1. The Balaban J connectivity index is 2.23. The molecule has 0 saturated heterocycles. The van der Waals surface area contributed by atoms with Gasteiger partial charge in [0.2, 0.25) is 0 Å². The van der Waals surface area contributed by atoms with Gasteiger partial charge in [0.15, 0.2) is 0 Å². The van der Waals surface area contributed by atoms with Gasteiger partial charge in [0.1, 0.15) is 6.04 Å². The summed E-state index contributed by atoms with van der Waals surface area (Å²) in [7, 11) is 0. The minimum Gasteiger partial charge on any atom is -0.480 e. The molecule has 2 rings (SSSR count). The van der Waals surface area contributed by atoms with E-state index in [9.17, 15) is 14.7 Å². The number of aliphatic carboxylic acids is 1. The summed E-state index contributed by atoms with van der Waals surface area (Å²) < 4.78 is 0. The molecular formula is C19H22N2O3. The first-order valence-corrected chi connectivity index (χ1v) is 8.00.